The smallest absolute Gasteiger partial charge is 0.317 e. The van der Waals surface area contributed by atoms with Crippen LogP contribution in [0.1, 0.15) is 39.0 Å². The highest BCUT2D eigenvalue weighted by Crippen LogP contribution is 2.36. The third kappa shape index (κ3) is 4.12. The summed E-state index contributed by atoms with van der Waals surface area (Å²) in [6, 6.07) is -0.122. The van der Waals surface area contributed by atoms with Gasteiger partial charge in [-0.05, 0) is 25.7 Å². The number of carbonyl (C=O) groups is 1. The molecule has 0 aromatic carbocycles. The van der Waals surface area contributed by atoms with E-state index >= 15 is 0 Å². The molecule has 7 heteroatoms. The summed E-state index contributed by atoms with van der Waals surface area (Å²) in [7, 11) is 0. The van der Waals surface area contributed by atoms with Gasteiger partial charge in [0.2, 0.25) is 5.92 Å². The van der Waals surface area contributed by atoms with Gasteiger partial charge in [-0.3, -0.25) is 0 Å². The highest BCUT2D eigenvalue weighted by molar-refractivity contribution is 5.74. The molecule has 0 radical (unpaired) electrons. The van der Waals surface area contributed by atoms with Gasteiger partial charge in [0, 0.05) is 39.0 Å². The normalized spacial score (nSPS) is 34.7. The molecule has 0 aromatic rings. The average Bonchev–Trinajstić information content (AvgIpc) is 2.92. The van der Waals surface area contributed by atoms with Gasteiger partial charge in [-0.2, -0.15) is 0 Å². The van der Waals surface area contributed by atoms with Crippen molar-refractivity contribution in [2.45, 2.75) is 56.7 Å². The van der Waals surface area contributed by atoms with Gasteiger partial charge in [0.15, 0.2) is 0 Å². The zero-order chi connectivity index (χ0) is 16.5. The first-order valence-corrected chi connectivity index (χ1v) is 8.54. The minimum atomic E-state index is -2.52. The molecule has 3 fully saturated rings. The minimum absolute atomic E-state index is 0.0235. The Labute approximate surface area is 135 Å². The van der Waals surface area contributed by atoms with Gasteiger partial charge in [0.1, 0.15) is 5.60 Å². The molecule has 2 aliphatic heterocycles. The first-order valence-electron chi connectivity index (χ1n) is 8.54. The number of halogens is 2. The number of nitrogens with one attached hydrogen (secondary N) is 1. The second-order valence-electron chi connectivity index (χ2n) is 7.28. The fraction of sp³-hybridized carbons (Fsp3) is 0.938. The van der Waals surface area contributed by atoms with Crippen LogP contribution in [0.4, 0.5) is 13.6 Å². The zero-order valence-electron chi connectivity index (χ0n) is 13.7. The van der Waals surface area contributed by atoms with Crippen LogP contribution in [0.25, 0.3) is 0 Å². The number of amides is 2. The average molecular weight is 332 g/mol. The van der Waals surface area contributed by atoms with Crippen LogP contribution < -0.4 is 5.32 Å². The summed E-state index contributed by atoms with van der Waals surface area (Å²) in [6.07, 6.45) is 1.60. The van der Waals surface area contributed by atoms with Crippen LogP contribution in [0, 0.1) is 5.92 Å². The summed E-state index contributed by atoms with van der Waals surface area (Å²) < 4.78 is 37.8. The number of morpholine rings is 1. The van der Waals surface area contributed by atoms with Crippen LogP contribution >= 0.6 is 0 Å². The number of alkyl halides is 2. The fourth-order valence-corrected chi connectivity index (χ4v) is 3.83. The summed E-state index contributed by atoms with van der Waals surface area (Å²) in [5.41, 5.74) is -0.373. The monoisotopic (exact) mass is 332 g/mol. The minimum Gasteiger partial charge on any atom is -0.378 e. The molecule has 2 amide bonds. The van der Waals surface area contributed by atoms with Gasteiger partial charge in [-0.15, -0.1) is 0 Å². The van der Waals surface area contributed by atoms with Gasteiger partial charge in [0.05, 0.1) is 19.3 Å². The second kappa shape index (κ2) is 6.51. The van der Waals surface area contributed by atoms with Crippen molar-refractivity contribution in [1.29, 1.82) is 0 Å². The quantitative estimate of drug-likeness (QED) is 0.845. The maximum atomic E-state index is 13.2. The molecule has 0 bridgehead atoms. The molecule has 1 aliphatic carbocycles. The maximum absolute atomic E-state index is 13.2. The van der Waals surface area contributed by atoms with E-state index in [-0.39, 0.29) is 36.5 Å². The van der Waals surface area contributed by atoms with Gasteiger partial charge in [-0.1, -0.05) is 0 Å². The predicted octanol–water partition coefficient (Wildman–Crippen LogP) is 2.40. The lowest BCUT2D eigenvalue weighted by molar-refractivity contribution is -0.137. The second-order valence-corrected chi connectivity index (χ2v) is 7.28. The lowest BCUT2D eigenvalue weighted by Gasteiger charge is -2.42. The summed E-state index contributed by atoms with van der Waals surface area (Å²) in [6.45, 7) is 4.71. The van der Waals surface area contributed by atoms with Gasteiger partial charge in [0.25, 0.3) is 0 Å². The Morgan fingerprint density at radius 1 is 1.30 bits per heavy atom. The van der Waals surface area contributed by atoms with Crippen molar-refractivity contribution in [1.82, 2.24) is 10.2 Å². The van der Waals surface area contributed by atoms with Gasteiger partial charge >= 0.3 is 6.03 Å². The van der Waals surface area contributed by atoms with Gasteiger partial charge in [-0.25, -0.2) is 13.6 Å². The topological polar surface area (TPSA) is 50.8 Å². The molecule has 0 aromatic heterocycles. The van der Waals surface area contributed by atoms with Crippen molar-refractivity contribution in [3.05, 3.63) is 0 Å². The van der Waals surface area contributed by atoms with Crippen LogP contribution in [0.15, 0.2) is 0 Å². The van der Waals surface area contributed by atoms with E-state index in [0.29, 0.717) is 45.7 Å². The Morgan fingerprint density at radius 3 is 2.70 bits per heavy atom. The Hall–Kier alpha value is -0.950. The molecule has 2 unspecified atom stereocenters. The molecule has 1 saturated carbocycles. The summed E-state index contributed by atoms with van der Waals surface area (Å²) >= 11 is 0. The van der Waals surface area contributed by atoms with E-state index in [1.165, 1.54) is 0 Å². The van der Waals surface area contributed by atoms with Crippen LogP contribution in [0.2, 0.25) is 0 Å². The Bertz CT molecular complexity index is 431. The highest BCUT2D eigenvalue weighted by Gasteiger charge is 2.44. The highest BCUT2D eigenvalue weighted by atomic mass is 19.3. The number of nitrogens with zero attached hydrogens (tertiary/aromatic N) is 1. The molecule has 23 heavy (non-hydrogen) atoms. The molecule has 132 valence electrons. The van der Waals surface area contributed by atoms with Gasteiger partial charge < -0.3 is 19.7 Å². The van der Waals surface area contributed by atoms with Crippen molar-refractivity contribution in [2.75, 3.05) is 32.8 Å². The molecule has 2 atom stereocenters. The number of ether oxygens (including phenoxy) is 2. The third-order valence-electron chi connectivity index (χ3n) is 5.14. The van der Waals surface area contributed by atoms with Crippen molar-refractivity contribution < 1.29 is 23.0 Å². The molecule has 1 N–H and O–H groups in total. The molecule has 1 spiro atoms. The first kappa shape index (κ1) is 16.9. The molecule has 3 rings (SSSR count). The molecule has 3 aliphatic rings. The summed E-state index contributed by atoms with van der Waals surface area (Å²) in [4.78, 5) is 14.2. The Morgan fingerprint density at radius 2 is 2.04 bits per heavy atom. The SMILES string of the molecule is CC1CN(C(=O)NCC2CCC(F)(F)CC2)CC2(CCOC2)O1. The molecule has 2 saturated heterocycles. The number of rotatable bonds is 2. The van der Waals surface area contributed by atoms with E-state index in [9.17, 15) is 13.6 Å². The lowest BCUT2D eigenvalue weighted by Crippen LogP contribution is -2.59. The summed E-state index contributed by atoms with van der Waals surface area (Å²) in [5.74, 6) is -2.37. The van der Waals surface area contributed by atoms with E-state index in [4.69, 9.17) is 9.47 Å². The maximum Gasteiger partial charge on any atom is 0.317 e. The van der Waals surface area contributed by atoms with Crippen molar-refractivity contribution >= 4 is 6.03 Å². The Kier molecular flexibility index (Phi) is 4.78. The number of urea groups is 1. The van der Waals surface area contributed by atoms with Crippen LogP contribution in [0.5, 0.6) is 0 Å². The first-order chi connectivity index (χ1) is 10.9. The fourth-order valence-electron chi connectivity index (χ4n) is 3.83. The van der Waals surface area contributed by atoms with E-state index in [2.05, 4.69) is 5.32 Å². The van der Waals surface area contributed by atoms with Crippen LogP contribution in [-0.4, -0.2) is 61.4 Å². The van der Waals surface area contributed by atoms with Crippen molar-refractivity contribution in [3.8, 4) is 0 Å². The molecule has 5 nitrogen and oxygen atoms in total. The van der Waals surface area contributed by atoms with E-state index in [1.807, 2.05) is 6.92 Å². The number of hydrogen-bond acceptors (Lipinski definition) is 3. The lowest BCUT2D eigenvalue weighted by atomic mass is 9.87. The van der Waals surface area contributed by atoms with Crippen molar-refractivity contribution in [3.63, 3.8) is 0 Å². The largest absolute Gasteiger partial charge is 0.378 e. The van der Waals surface area contributed by atoms with E-state index in [1.54, 1.807) is 4.90 Å². The number of carbonyl (C=O) groups excluding carboxylic acids is 1. The van der Waals surface area contributed by atoms with Crippen LogP contribution in [0.3, 0.4) is 0 Å². The Balaban J connectivity index is 1.48. The molecular formula is C16H26F2N2O3. The van der Waals surface area contributed by atoms with Crippen LogP contribution in [-0.2, 0) is 9.47 Å². The van der Waals surface area contributed by atoms with E-state index in [0.717, 1.165) is 6.42 Å². The zero-order valence-corrected chi connectivity index (χ0v) is 13.7. The van der Waals surface area contributed by atoms with Crippen molar-refractivity contribution in [2.24, 2.45) is 5.92 Å². The molecule has 2 heterocycles. The predicted molar refractivity (Wildman–Crippen MR) is 80.6 cm³/mol. The summed E-state index contributed by atoms with van der Waals surface area (Å²) in [5, 5.41) is 2.92. The standard InChI is InChI=1S/C16H26F2N2O3/c1-12-9-20(10-15(23-12)6-7-22-11-15)14(21)19-8-13-2-4-16(17,18)5-3-13/h12-13H,2-11H2,1H3,(H,19,21). The number of hydrogen-bond donors (Lipinski definition) is 1. The third-order valence-corrected chi connectivity index (χ3v) is 5.14. The molecular weight excluding hydrogens is 306 g/mol. The van der Waals surface area contributed by atoms with E-state index < -0.39 is 5.92 Å².